The van der Waals surface area contributed by atoms with Gasteiger partial charge in [-0.3, -0.25) is 4.79 Å². The zero-order valence-electron chi connectivity index (χ0n) is 19.9. The molecule has 0 saturated heterocycles. The van der Waals surface area contributed by atoms with Gasteiger partial charge < -0.3 is 14.6 Å². The van der Waals surface area contributed by atoms with Crippen LogP contribution in [0, 0.1) is 5.82 Å². The Morgan fingerprint density at radius 3 is 2.18 bits per heavy atom. The number of rotatable bonds is 9. The summed E-state index contributed by atoms with van der Waals surface area (Å²) in [4.78, 5) is 12.6. The number of benzene rings is 2. The van der Waals surface area contributed by atoms with Gasteiger partial charge in [0.05, 0.1) is 5.25 Å². The predicted molar refractivity (Wildman–Crippen MR) is 130 cm³/mol. The summed E-state index contributed by atoms with van der Waals surface area (Å²) in [5.41, 5.74) is 1.80. The minimum absolute atomic E-state index is 0.0826. The summed E-state index contributed by atoms with van der Waals surface area (Å²) in [6.45, 7) is 12.2. The fourth-order valence-electron chi connectivity index (χ4n) is 3.31. The molecule has 2 aromatic carbocycles. The van der Waals surface area contributed by atoms with Gasteiger partial charge >= 0.3 is 0 Å². The van der Waals surface area contributed by atoms with Crippen LogP contribution < -0.4 is 10.1 Å². The number of carbonyl (C=O) groups is 1. The highest BCUT2D eigenvalue weighted by molar-refractivity contribution is 8.00. The Hall–Kier alpha value is -2.87. The van der Waals surface area contributed by atoms with Crippen LogP contribution in [0.3, 0.4) is 0 Å². The van der Waals surface area contributed by atoms with Crippen LogP contribution in [0.5, 0.6) is 5.75 Å². The van der Waals surface area contributed by atoms with Crippen molar-refractivity contribution in [2.24, 2.45) is 0 Å². The SMILES string of the molecule is CC(Sc1nnc(C(C)Oc2ccc(C(C)C)cc2)n1C(C)C)C(=O)Nc1ccc(F)cc1. The van der Waals surface area contributed by atoms with Gasteiger partial charge in [-0.05, 0) is 75.6 Å². The number of ether oxygens (including phenoxy) is 1. The lowest BCUT2D eigenvalue weighted by Gasteiger charge is -2.20. The lowest BCUT2D eigenvalue weighted by atomic mass is 10.0. The third kappa shape index (κ3) is 6.35. The van der Waals surface area contributed by atoms with Gasteiger partial charge in [-0.15, -0.1) is 10.2 Å². The van der Waals surface area contributed by atoms with E-state index in [1.807, 2.05) is 37.5 Å². The van der Waals surface area contributed by atoms with Gasteiger partial charge in [0.15, 0.2) is 17.1 Å². The van der Waals surface area contributed by atoms with Crippen LogP contribution in [0.25, 0.3) is 0 Å². The maximum absolute atomic E-state index is 13.1. The van der Waals surface area contributed by atoms with Crippen molar-refractivity contribution in [3.05, 3.63) is 65.7 Å². The van der Waals surface area contributed by atoms with Gasteiger partial charge in [0.2, 0.25) is 5.91 Å². The monoisotopic (exact) mass is 470 g/mol. The molecule has 0 spiro atoms. The number of hydrogen-bond acceptors (Lipinski definition) is 5. The molecule has 33 heavy (non-hydrogen) atoms. The van der Waals surface area contributed by atoms with E-state index in [0.717, 1.165) is 5.75 Å². The van der Waals surface area contributed by atoms with Crippen LogP contribution in [-0.4, -0.2) is 25.9 Å². The second-order valence-corrected chi connectivity index (χ2v) is 9.85. The quantitative estimate of drug-likeness (QED) is 0.368. The standard InChI is InChI=1S/C25H31FN4O2S/c1-15(2)19-7-13-22(14-8-19)32-17(5)23-28-29-25(30(23)16(3)4)33-18(6)24(31)27-21-11-9-20(26)10-12-21/h7-18H,1-6H3,(H,27,31). The van der Waals surface area contributed by atoms with E-state index in [1.54, 1.807) is 6.92 Å². The molecule has 6 nitrogen and oxygen atoms in total. The molecule has 176 valence electrons. The fraction of sp³-hybridized carbons (Fsp3) is 0.400. The molecule has 2 atom stereocenters. The molecule has 1 aromatic heterocycles. The van der Waals surface area contributed by atoms with E-state index in [2.05, 4.69) is 41.5 Å². The molecular formula is C25H31FN4O2S. The predicted octanol–water partition coefficient (Wildman–Crippen LogP) is 6.38. The molecular weight excluding hydrogens is 439 g/mol. The summed E-state index contributed by atoms with van der Waals surface area (Å²) in [5.74, 6) is 1.39. The van der Waals surface area contributed by atoms with Crippen molar-refractivity contribution in [2.75, 3.05) is 5.32 Å². The Balaban J connectivity index is 1.71. The molecule has 2 unspecified atom stereocenters. The number of nitrogens with one attached hydrogen (secondary N) is 1. The summed E-state index contributed by atoms with van der Waals surface area (Å²) in [5, 5.41) is 11.7. The smallest absolute Gasteiger partial charge is 0.237 e. The lowest BCUT2D eigenvalue weighted by Crippen LogP contribution is -2.23. The highest BCUT2D eigenvalue weighted by Crippen LogP contribution is 2.30. The Labute approximate surface area is 199 Å². The van der Waals surface area contributed by atoms with Crippen LogP contribution in [0.4, 0.5) is 10.1 Å². The fourth-order valence-corrected chi connectivity index (χ4v) is 4.30. The minimum atomic E-state index is -0.426. The Morgan fingerprint density at radius 2 is 1.61 bits per heavy atom. The van der Waals surface area contributed by atoms with E-state index in [9.17, 15) is 9.18 Å². The average Bonchev–Trinajstić information content (AvgIpc) is 3.19. The first kappa shape index (κ1) is 24.8. The van der Waals surface area contributed by atoms with Crippen LogP contribution in [0.2, 0.25) is 0 Å². The van der Waals surface area contributed by atoms with Crippen molar-refractivity contribution in [3.63, 3.8) is 0 Å². The zero-order valence-corrected chi connectivity index (χ0v) is 20.7. The highest BCUT2D eigenvalue weighted by atomic mass is 32.2. The average molecular weight is 471 g/mol. The maximum atomic E-state index is 13.1. The molecule has 1 N–H and O–H groups in total. The number of anilines is 1. The zero-order chi connectivity index (χ0) is 24.1. The van der Waals surface area contributed by atoms with Crippen LogP contribution >= 0.6 is 11.8 Å². The Kier molecular flexibility index (Phi) is 8.13. The summed E-state index contributed by atoms with van der Waals surface area (Å²) in [6, 6.07) is 13.9. The second-order valence-electron chi connectivity index (χ2n) is 8.54. The molecule has 0 bridgehead atoms. The maximum Gasteiger partial charge on any atom is 0.237 e. The van der Waals surface area contributed by atoms with E-state index in [-0.39, 0.29) is 23.9 Å². The summed E-state index contributed by atoms with van der Waals surface area (Å²) in [6.07, 6.45) is -0.317. The van der Waals surface area contributed by atoms with E-state index in [4.69, 9.17) is 4.74 Å². The van der Waals surface area contributed by atoms with Gasteiger partial charge in [-0.1, -0.05) is 37.7 Å². The Morgan fingerprint density at radius 1 is 0.970 bits per heavy atom. The number of nitrogens with zero attached hydrogens (tertiary/aromatic N) is 3. The van der Waals surface area contributed by atoms with E-state index < -0.39 is 5.25 Å². The van der Waals surface area contributed by atoms with Crippen molar-refractivity contribution in [3.8, 4) is 5.75 Å². The van der Waals surface area contributed by atoms with Gasteiger partial charge in [0.1, 0.15) is 11.6 Å². The molecule has 8 heteroatoms. The molecule has 0 aliphatic rings. The molecule has 1 heterocycles. The number of halogens is 1. The largest absolute Gasteiger partial charge is 0.483 e. The molecule has 0 fully saturated rings. The highest BCUT2D eigenvalue weighted by Gasteiger charge is 2.25. The third-order valence-electron chi connectivity index (χ3n) is 5.19. The van der Waals surface area contributed by atoms with Gasteiger partial charge in [0, 0.05) is 11.7 Å². The molecule has 1 amide bonds. The van der Waals surface area contributed by atoms with E-state index in [0.29, 0.717) is 22.6 Å². The summed E-state index contributed by atoms with van der Waals surface area (Å²) < 4.78 is 21.2. The molecule has 3 aromatic rings. The first-order valence-electron chi connectivity index (χ1n) is 11.1. The van der Waals surface area contributed by atoms with Crippen LogP contribution in [0.1, 0.15) is 71.0 Å². The molecule has 3 rings (SSSR count). The minimum Gasteiger partial charge on any atom is -0.483 e. The van der Waals surface area contributed by atoms with Crippen molar-refractivity contribution < 1.29 is 13.9 Å². The number of thioether (sulfide) groups is 1. The van der Waals surface area contributed by atoms with Crippen LogP contribution in [0.15, 0.2) is 53.7 Å². The topological polar surface area (TPSA) is 69.0 Å². The molecule has 0 aliphatic carbocycles. The normalized spacial score (nSPS) is 13.2. The third-order valence-corrected chi connectivity index (χ3v) is 6.25. The van der Waals surface area contributed by atoms with E-state index >= 15 is 0 Å². The van der Waals surface area contributed by atoms with Crippen molar-refractivity contribution in [1.82, 2.24) is 14.8 Å². The first-order chi connectivity index (χ1) is 15.7. The molecule has 0 radical (unpaired) electrons. The number of carbonyl (C=O) groups excluding carboxylic acids is 1. The van der Waals surface area contributed by atoms with Crippen molar-refractivity contribution in [1.29, 1.82) is 0 Å². The lowest BCUT2D eigenvalue weighted by molar-refractivity contribution is -0.115. The van der Waals surface area contributed by atoms with Crippen molar-refractivity contribution in [2.45, 2.75) is 70.0 Å². The van der Waals surface area contributed by atoms with Crippen LogP contribution in [-0.2, 0) is 4.79 Å². The first-order valence-corrected chi connectivity index (χ1v) is 12.0. The number of hydrogen-bond donors (Lipinski definition) is 1. The Bertz CT molecular complexity index is 1070. The second kappa shape index (κ2) is 10.8. The van der Waals surface area contributed by atoms with Gasteiger partial charge in [0.25, 0.3) is 0 Å². The molecule has 0 aliphatic heterocycles. The van der Waals surface area contributed by atoms with Crippen molar-refractivity contribution >= 4 is 23.4 Å². The summed E-state index contributed by atoms with van der Waals surface area (Å²) in [7, 11) is 0. The van der Waals surface area contributed by atoms with E-state index in [1.165, 1.54) is 41.6 Å². The van der Waals surface area contributed by atoms with Gasteiger partial charge in [-0.2, -0.15) is 0 Å². The van der Waals surface area contributed by atoms with Gasteiger partial charge in [-0.25, -0.2) is 4.39 Å². The number of aromatic nitrogens is 3. The summed E-state index contributed by atoms with van der Waals surface area (Å²) >= 11 is 1.33. The number of amides is 1. The molecule has 0 saturated carbocycles.